The molecule has 33 heavy (non-hydrogen) atoms. The maximum Gasteiger partial charge on any atom is 0.251 e. The quantitative estimate of drug-likeness (QED) is 0.524. The number of nitrogens with one attached hydrogen (secondary N) is 2. The van der Waals surface area contributed by atoms with Gasteiger partial charge in [-0.15, -0.1) is 0 Å². The first-order chi connectivity index (χ1) is 15.7. The molecule has 2 aromatic carbocycles. The van der Waals surface area contributed by atoms with Gasteiger partial charge in [0, 0.05) is 18.2 Å². The first-order valence-electron chi connectivity index (χ1n) is 11.6. The fourth-order valence-electron chi connectivity index (χ4n) is 4.19. The molecule has 0 spiro atoms. The molecule has 2 aromatic rings. The van der Waals surface area contributed by atoms with Crippen LogP contribution >= 0.6 is 0 Å². The maximum absolute atomic E-state index is 13.4. The molecule has 1 aliphatic rings. The van der Waals surface area contributed by atoms with E-state index in [1.54, 1.807) is 50.2 Å². The molecule has 2 amide bonds. The van der Waals surface area contributed by atoms with E-state index in [0.29, 0.717) is 12.1 Å². The molecule has 0 radical (unpaired) electrons. The average molecular weight is 454 g/mol. The fraction of sp³-hybridized carbons (Fsp3) is 0.462. The second kappa shape index (κ2) is 10.7. The highest BCUT2D eigenvalue weighted by atomic mass is 16.5. The molecule has 3 N–H and O–H groups in total. The normalized spacial score (nSPS) is 18.3. The van der Waals surface area contributed by atoms with Gasteiger partial charge in [0.15, 0.2) is 0 Å². The summed E-state index contributed by atoms with van der Waals surface area (Å²) in [5.41, 5.74) is 4.29. The van der Waals surface area contributed by atoms with Gasteiger partial charge in [0.1, 0.15) is 5.75 Å². The minimum atomic E-state index is -0.962. The van der Waals surface area contributed by atoms with E-state index in [1.165, 1.54) is 0 Å². The van der Waals surface area contributed by atoms with Crippen LogP contribution in [0.3, 0.4) is 0 Å². The number of rotatable bonds is 8. The number of methoxy groups -OCH3 is 1. The Labute approximate surface area is 196 Å². The van der Waals surface area contributed by atoms with Gasteiger partial charge in [0.05, 0.1) is 24.3 Å². The van der Waals surface area contributed by atoms with Crippen molar-refractivity contribution >= 4 is 17.5 Å². The summed E-state index contributed by atoms with van der Waals surface area (Å²) in [6.45, 7) is 5.84. The van der Waals surface area contributed by atoms with Crippen molar-refractivity contribution in [1.29, 1.82) is 0 Å². The van der Waals surface area contributed by atoms with Crippen LogP contribution in [0.25, 0.3) is 0 Å². The van der Waals surface area contributed by atoms with E-state index in [2.05, 4.69) is 10.7 Å². The fourth-order valence-corrected chi connectivity index (χ4v) is 4.19. The van der Waals surface area contributed by atoms with Crippen LogP contribution < -0.4 is 15.5 Å². The highest BCUT2D eigenvalue weighted by Crippen LogP contribution is 2.27. The SMILES string of the molecule is CCN(Nc1ccc(OC)cc1)C(=O)[C@@H]1CCCC[C@@H]1NC(=O)c1ccc(C(C)(C)O)cc1. The Balaban J connectivity index is 1.68. The number of hydrogen-bond acceptors (Lipinski definition) is 5. The molecular weight excluding hydrogens is 418 g/mol. The molecule has 0 unspecified atom stereocenters. The van der Waals surface area contributed by atoms with Gasteiger partial charge < -0.3 is 15.2 Å². The van der Waals surface area contributed by atoms with Crippen LogP contribution in [0.1, 0.15) is 62.4 Å². The van der Waals surface area contributed by atoms with E-state index < -0.39 is 5.60 Å². The lowest BCUT2D eigenvalue weighted by molar-refractivity contribution is -0.135. The summed E-state index contributed by atoms with van der Waals surface area (Å²) in [6.07, 6.45) is 3.44. The van der Waals surface area contributed by atoms with Crippen molar-refractivity contribution in [3.63, 3.8) is 0 Å². The summed E-state index contributed by atoms with van der Waals surface area (Å²) < 4.78 is 5.19. The molecule has 7 heteroatoms. The molecule has 2 atom stereocenters. The minimum Gasteiger partial charge on any atom is -0.497 e. The predicted octanol–water partition coefficient (Wildman–Crippen LogP) is 4.09. The summed E-state index contributed by atoms with van der Waals surface area (Å²) in [7, 11) is 1.61. The largest absolute Gasteiger partial charge is 0.497 e. The van der Waals surface area contributed by atoms with E-state index in [-0.39, 0.29) is 23.8 Å². The van der Waals surface area contributed by atoms with E-state index in [1.807, 2.05) is 31.2 Å². The number of benzene rings is 2. The summed E-state index contributed by atoms with van der Waals surface area (Å²) in [5.74, 6) is 0.244. The van der Waals surface area contributed by atoms with E-state index in [4.69, 9.17) is 4.74 Å². The van der Waals surface area contributed by atoms with E-state index in [0.717, 1.165) is 42.7 Å². The Kier molecular flexibility index (Phi) is 7.97. The van der Waals surface area contributed by atoms with Crippen molar-refractivity contribution < 1.29 is 19.4 Å². The molecule has 0 aliphatic heterocycles. The van der Waals surface area contributed by atoms with Gasteiger partial charge in [-0.25, -0.2) is 0 Å². The third-order valence-corrected chi connectivity index (χ3v) is 6.19. The van der Waals surface area contributed by atoms with Crippen LogP contribution in [0, 0.1) is 5.92 Å². The van der Waals surface area contributed by atoms with Gasteiger partial charge in [0.25, 0.3) is 5.91 Å². The van der Waals surface area contributed by atoms with Crippen molar-refractivity contribution in [2.75, 3.05) is 19.1 Å². The third-order valence-electron chi connectivity index (χ3n) is 6.19. The smallest absolute Gasteiger partial charge is 0.251 e. The second-order valence-electron chi connectivity index (χ2n) is 9.03. The number of nitrogens with zero attached hydrogens (tertiary/aromatic N) is 1. The molecule has 1 saturated carbocycles. The van der Waals surface area contributed by atoms with Gasteiger partial charge in [-0.05, 0) is 75.6 Å². The summed E-state index contributed by atoms with van der Waals surface area (Å²) in [4.78, 5) is 26.3. The average Bonchev–Trinajstić information content (AvgIpc) is 2.82. The first kappa shape index (κ1) is 24.6. The second-order valence-corrected chi connectivity index (χ2v) is 9.03. The third kappa shape index (κ3) is 6.26. The van der Waals surface area contributed by atoms with Crippen molar-refractivity contribution in [3.05, 3.63) is 59.7 Å². The minimum absolute atomic E-state index is 0.0179. The van der Waals surface area contributed by atoms with Crippen molar-refractivity contribution in [2.45, 2.75) is 58.1 Å². The maximum atomic E-state index is 13.4. The Bertz CT molecular complexity index is 936. The van der Waals surface area contributed by atoms with E-state index in [9.17, 15) is 14.7 Å². The zero-order chi connectivity index (χ0) is 24.0. The highest BCUT2D eigenvalue weighted by Gasteiger charge is 2.34. The molecule has 0 aromatic heterocycles. The lowest BCUT2D eigenvalue weighted by Gasteiger charge is -2.35. The van der Waals surface area contributed by atoms with Crippen LogP contribution in [0.2, 0.25) is 0 Å². The number of hydrazine groups is 1. The zero-order valence-electron chi connectivity index (χ0n) is 19.9. The summed E-state index contributed by atoms with van der Waals surface area (Å²) in [5, 5.41) is 14.8. The molecule has 1 fully saturated rings. The van der Waals surface area contributed by atoms with Crippen LogP contribution in [0.4, 0.5) is 5.69 Å². The predicted molar refractivity (Wildman–Crippen MR) is 129 cm³/mol. The summed E-state index contributed by atoms with van der Waals surface area (Å²) >= 11 is 0. The monoisotopic (exact) mass is 453 g/mol. The van der Waals surface area contributed by atoms with Crippen LogP contribution in [-0.4, -0.2) is 41.6 Å². The van der Waals surface area contributed by atoms with Gasteiger partial charge in [-0.2, -0.15) is 0 Å². The van der Waals surface area contributed by atoms with Crippen molar-refractivity contribution in [3.8, 4) is 5.75 Å². The lowest BCUT2D eigenvalue weighted by Crippen LogP contribution is -2.50. The van der Waals surface area contributed by atoms with Crippen molar-refractivity contribution in [1.82, 2.24) is 10.3 Å². The number of carbonyl (C=O) groups excluding carboxylic acids is 2. The molecule has 0 bridgehead atoms. The Morgan fingerprint density at radius 3 is 2.27 bits per heavy atom. The molecular formula is C26H35N3O4. The number of aliphatic hydroxyl groups is 1. The van der Waals surface area contributed by atoms with Gasteiger partial charge in [0.2, 0.25) is 5.91 Å². The van der Waals surface area contributed by atoms with Crippen molar-refractivity contribution in [2.24, 2.45) is 5.92 Å². The Morgan fingerprint density at radius 2 is 1.70 bits per heavy atom. The standard InChI is InChI=1S/C26H35N3O4/c1-5-29(28-20-14-16-21(33-4)17-15-20)25(31)22-8-6-7-9-23(22)27-24(30)18-10-12-19(13-11-18)26(2,3)32/h10-17,22-23,28,32H,5-9H2,1-4H3,(H,27,30)/t22-,23+/m1/s1. The van der Waals surface area contributed by atoms with E-state index >= 15 is 0 Å². The molecule has 0 saturated heterocycles. The Morgan fingerprint density at radius 1 is 1.06 bits per heavy atom. The topological polar surface area (TPSA) is 90.9 Å². The molecule has 3 rings (SSSR count). The number of anilines is 1. The zero-order valence-corrected chi connectivity index (χ0v) is 19.9. The number of hydrogen-bond donors (Lipinski definition) is 3. The van der Waals surface area contributed by atoms with Gasteiger partial charge in [-0.3, -0.25) is 20.0 Å². The van der Waals surface area contributed by atoms with Crippen LogP contribution in [0.15, 0.2) is 48.5 Å². The molecule has 178 valence electrons. The highest BCUT2D eigenvalue weighted by molar-refractivity contribution is 5.95. The summed E-state index contributed by atoms with van der Waals surface area (Å²) in [6, 6.07) is 14.1. The Hall–Kier alpha value is -3.06. The van der Waals surface area contributed by atoms with Gasteiger partial charge >= 0.3 is 0 Å². The molecule has 0 heterocycles. The van der Waals surface area contributed by atoms with Crippen LogP contribution in [0.5, 0.6) is 5.75 Å². The number of amides is 2. The van der Waals surface area contributed by atoms with Crippen LogP contribution in [-0.2, 0) is 10.4 Å². The number of ether oxygens (including phenoxy) is 1. The molecule has 1 aliphatic carbocycles. The number of carbonyl (C=O) groups is 2. The first-order valence-corrected chi connectivity index (χ1v) is 11.6. The molecule has 7 nitrogen and oxygen atoms in total. The lowest BCUT2D eigenvalue weighted by atomic mass is 9.83. The van der Waals surface area contributed by atoms with Gasteiger partial charge in [-0.1, -0.05) is 25.0 Å².